The number of nitrogen functional groups attached to an aromatic ring is 1. The van der Waals surface area contributed by atoms with Gasteiger partial charge in [0.25, 0.3) is 5.91 Å². The van der Waals surface area contributed by atoms with E-state index in [0.717, 1.165) is 50.3 Å². The molecule has 1 aromatic heterocycles. The van der Waals surface area contributed by atoms with Gasteiger partial charge in [-0.15, -0.1) is 11.8 Å². The van der Waals surface area contributed by atoms with Gasteiger partial charge in [0, 0.05) is 18.8 Å². The van der Waals surface area contributed by atoms with Crippen molar-refractivity contribution in [3.63, 3.8) is 0 Å². The molecule has 8 heteroatoms. The average molecular weight is 378 g/mol. The summed E-state index contributed by atoms with van der Waals surface area (Å²) >= 11 is 1.79. The molecule has 2 amide bonds. The molecular formula is C18H27N5O2S. The predicted molar refractivity (Wildman–Crippen MR) is 103 cm³/mol. The highest BCUT2D eigenvalue weighted by Crippen LogP contribution is 2.28. The Labute approximate surface area is 158 Å². The maximum absolute atomic E-state index is 12.6. The highest BCUT2D eigenvalue weighted by atomic mass is 32.2. The molecular weight excluding hydrogens is 350 g/mol. The molecule has 1 saturated carbocycles. The summed E-state index contributed by atoms with van der Waals surface area (Å²) in [6.45, 7) is 0.817. The summed E-state index contributed by atoms with van der Waals surface area (Å²) in [6, 6.07) is 3.03. The Bertz CT molecular complexity index is 642. The molecule has 3 rings (SSSR count). The molecule has 26 heavy (non-hydrogen) atoms. The van der Waals surface area contributed by atoms with Crippen LogP contribution in [-0.4, -0.2) is 52.0 Å². The molecule has 2 fully saturated rings. The third-order valence-electron chi connectivity index (χ3n) is 5.26. The quantitative estimate of drug-likeness (QED) is 0.726. The number of anilines is 1. The van der Waals surface area contributed by atoms with Crippen molar-refractivity contribution in [2.45, 2.75) is 44.2 Å². The van der Waals surface area contributed by atoms with Crippen molar-refractivity contribution < 1.29 is 9.59 Å². The second kappa shape index (κ2) is 8.73. The van der Waals surface area contributed by atoms with E-state index < -0.39 is 6.04 Å². The standard InChI is InChI=1S/C18H27N5O2S/c19-15(18(25)23-9-2-10-26-11-23)12-4-6-13(7-5-12)22-17(24)14-3-1-8-21-16(14)20/h1,3,8,12-13,15H,2,4-7,9-11,19H2,(H2,20,21)(H,22,24)/t12?,13?,15-/m0/s1. The number of nitrogens with two attached hydrogens (primary N) is 2. The van der Waals surface area contributed by atoms with Gasteiger partial charge in [-0.1, -0.05) is 0 Å². The first-order valence-corrected chi connectivity index (χ1v) is 10.3. The second-order valence-electron chi connectivity index (χ2n) is 7.04. The van der Waals surface area contributed by atoms with E-state index in [1.807, 2.05) is 4.90 Å². The van der Waals surface area contributed by atoms with E-state index in [1.54, 1.807) is 30.1 Å². The molecule has 1 aromatic rings. The Kier molecular flexibility index (Phi) is 6.37. The highest BCUT2D eigenvalue weighted by Gasteiger charge is 2.33. The Balaban J connectivity index is 1.48. The molecule has 2 heterocycles. The van der Waals surface area contributed by atoms with Crippen molar-refractivity contribution in [1.82, 2.24) is 15.2 Å². The number of hydrogen-bond donors (Lipinski definition) is 3. The van der Waals surface area contributed by atoms with Gasteiger partial charge < -0.3 is 21.7 Å². The molecule has 0 spiro atoms. The van der Waals surface area contributed by atoms with Gasteiger partial charge >= 0.3 is 0 Å². The lowest BCUT2D eigenvalue weighted by Crippen LogP contribution is -2.50. The number of aromatic nitrogens is 1. The number of carbonyl (C=O) groups is 2. The molecule has 0 unspecified atom stereocenters. The third kappa shape index (κ3) is 4.48. The molecule has 1 aliphatic carbocycles. The number of nitrogens with one attached hydrogen (secondary N) is 1. The first-order chi connectivity index (χ1) is 12.6. The van der Waals surface area contributed by atoms with E-state index in [0.29, 0.717) is 5.56 Å². The summed E-state index contributed by atoms with van der Waals surface area (Å²) in [6.07, 6.45) is 5.96. The number of nitrogens with zero attached hydrogens (tertiary/aromatic N) is 2. The highest BCUT2D eigenvalue weighted by molar-refractivity contribution is 7.99. The molecule has 5 N–H and O–H groups in total. The molecule has 0 aromatic carbocycles. The summed E-state index contributed by atoms with van der Waals surface area (Å²) in [5, 5.41) is 3.03. The van der Waals surface area contributed by atoms with Gasteiger partial charge in [-0.2, -0.15) is 0 Å². The predicted octanol–water partition coefficient (Wildman–Crippen LogP) is 1.20. The largest absolute Gasteiger partial charge is 0.383 e. The fourth-order valence-electron chi connectivity index (χ4n) is 3.68. The van der Waals surface area contributed by atoms with Crippen molar-refractivity contribution in [3.8, 4) is 0 Å². The van der Waals surface area contributed by atoms with E-state index >= 15 is 0 Å². The summed E-state index contributed by atoms with van der Waals surface area (Å²) in [5.41, 5.74) is 12.4. The van der Waals surface area contributed by atoms with E-state index in [1.165, 1.54) is 0 Å². The number of amides is 2. The SMILES string of the molecule is Nc1ncccc1C(=O)NC1CCC([C@H](N)C(=O)N2CCCSC2)CC1. The number of hydrogen-bond acceptors (Lipinski definition) is 6. The van der Waals surface area contributed by atoms with Crippen LogP contribution in [0.25, 0.3) is 0 Å². The lowest BCUT2D eigenvalue weighted by molar-refractivity contribution is -0.133. The van der Waals surface area contributed by atoms with E-state index in [2.05, 4.69) is 10.3 Å². The normalized spacial score (nSPS) is 24.7. The van der Waals surface area contributed by atoms with Crippen LogP contribution < -0.4 is 16.8 Å². The molecule has 7 nitrogen and oxygen atoms in total. The number of thioether (sulfide) groups is 1. The Morgan fingerprint density at radius 3 is 2.73 bits per heavy atom. The first kappa shape index (κ1) is 19.0. The third-order valence-corrected chi connectivity index (χ3v) is 6.33. The van der Waals surface area contributed by atoms with E-state index in [-0.39, 0.29) is 29.6 Å². The Hall–Kier alpha value is -1.80. The van der Waals surface area contributed by atoms with Crippen molar-refractivity contribution >= 4 is 29.4 Å². The molecule has 1 aliphatic heterocycles. The number of carbonyl (C=O) groups excluding carboxylic acids is 2. The Morgan fingerprint density at radius 1 is 1.31 bits per heavy atom. The molecule has 2 aliphatic rings. The number of rotatable bonds is 4. The van der Waals surface area contributed by atoms with Crippen molar-refractivity contribution in [2.75, 3.05) is 23.9 Å². The first-order valence-electron chi connectivity index (χ1n) is 9.19. The summed E-state index contributed by atoms with van der Waals surface area (Å²) < 4.78 is 0. The minimum atomic E-state index is -0.431. The minimum absolute atomic E-state index is 0.0767. The Morgan fingerprint density at radius 2 is 2.08 bits per heavy atom. The molecule has 1 atom stereocenters. The zero-order chi connectivity index (χ0) is 18.5. The summed E-state index contributed by atoms with van der Waals surface area (Å²) in [5.74, 6) is 2.18. The maximum atomic E-state index is 12.6. The van der Waals surface area contributed by atoms with Crippen molar-refractivity contribution in [1.29, 1.82) is 0 Å². The monoisotopic (exact) mass is 377 g/mol. The average Bonchev–Trinajstić information content (AvgIpc) is 2.68. The van der Waals surface area contributed by atoms with Crippen LogP contribution in [0, 0.1) is 5.92 Å². The van der Waals surface area contributed by atoms with Crippen molar-refractivity contribution in [3.05, 3.63) is 23.9 Å². The lowest BCUT2D eigenvalue weighted by atomic mass is 9.81. The van der Waals surface area contributed by atoms with Crippen LogP contribution in [0.5, 0.6) is 0 Å². The summed E-state index contributed by atoms with van der Waals surface area (Å²) in [7, 11) is 0. The van der Waals surface area contributed by atoms with Gasteiger partial charge in [0.1, 0.15) is 5.82 Å². The van der Waals surface area contributed by atoms with Crippen LogP contribution in [0.1, 0.15) is 42.5 Å². The van der Waals surface area contributed by atoms with Gasteiger partial charge in [-0.25, -0.2) is 4.98 Å². The van der Waals surface area contributed by atoms with Crippen LogP contribution in [0.4, 0.5) is 5.82 Å². The maximum Gasteiger partial charge on any atom is 0.255 e. The van der Waals surface area contributed by atoms with E-state index in [4.69, 9.17) is 11.5 Å². The fraction of sp³-hybridized carbons (Fsp3) is 0.611. The zero-order valence-corrected chi connectivity index (χ0v) is 15.7. The fourth-order valence-corrected chi connectivity index (χ4v) is 4.62. The molecule has 0 radical (unpaired) electrons. The van der Waals surface area contributed by atoms with Crippen LogP contribution >= 0.6 is 11.8 Å². The van der Waals surface area contributed by atoms with Gasteiger partial charge in [-0.3, -0.25) is 9.59 Å². The van der Waals surface area contributed by atoms with Crippen LogP contribution in [-0.2, 0) is 4.79 Å². The molecule has 142 valence electrons. The number of pyridine rings is 1. The minimum Gasteiger partial charge on any atom is -0.383 e. The van der Waals surface area contributed by atoms with E-state index in [9.17, 15) is 9.59 Å². The smallest absolute Gasteiger partial charge is 0.255 e. The van der Waals surface area contributed by atoms with Gasteiger partial charge in [-0.05, 0) is 55.9 Å². The van der Waals surface area contributed by atoms with Gasteiger partial charge in [0.2, 0.25) is 5.91 Å². The molecule has 1 saturated heterocycles. The van der Waals surface area contributed by atoms with Gasteiger partial charge in [0.05, 0.1) is 17.5 Å². The molecule has 0 bridgehead atoms. The van der Waals surface area contributed by atoms with Crippen LogP contribution in [0.15, 0.2) is 18.3 Å². The summed E-state index contributed by atoms with van der Waals surface area (Å²) in [4.78, 5) is 30.8. The zero-order valence-electron chi connectivity index (χ0n) is 14.9. The topological polar surface area (TPSA) is 114 Å². The lowest BCUT2D eigenvalue weighted by Gasteiger charge is -2.35. The second-order valence-corrected chi connectivity index (χ2v) is 8.11. The van der Waals surface area contributed by atoms with Crippen molar-refractivity contribution in [2.24, 2.45) is 11.7 Å². The van der Waals surface area contributed by atoms with Crippen LogP contribution in [0.3, 0.4) is 0 Å². The van der Waals surface area contributed by atoms with Crippen LogP contribution in [0.2, 0.25) is 0 Å². The van der Waals surface area contributed by atoms with Gasteiger partial charge in [0.15, 0.2) is 0 Å².